The Labute approximate surface area is 210 Å². The van der Waals surface area contributed by atoms with Gasteiger partial charge in [-0.1, -0.05) is 52.7 Å². The van der Waals surface area contributed by atoms with E-state index in [2.05, 4.69) is 26.8 Å². The van der Waals surface area contributed by atoms with Crippen molar-refractivity contribution in [3.8, 4) is 0 Å². The zero-order valence-electron chi connectivity index (χ0n) is 22.7. The first-order chi connectivity index (χ1) is 16.1. The summed E-state index contributed by atoms with van der Waals surface area (Å²) in [5.74, 6) is -3.14. The van der Waals surface area contributed by atoms with Crippen LogP contribution in [0.15, 0.2) is 11.6 Å². The van der Waals surface area contributed by atoms with Gasteiger partial charge in [-0.15, -0.1) is 0 Å². The number of aliphatic hydroxyl groups is 2. The molecule has 6 aliphatic carbocycles. The molecule has 5 nitrogen and oxygen atoms in total. The summed E-state index contributed by atoms with van der Waals surface area (Å²) in [7, 11) is 0. The van der Waals surface area contributed by atoms with Crippen molar-refractivity contribution in [3.05, 3.63) is 11.6 Å². The van der Waals surface area contributed by atoms with Crippen LogP contribution in [0.4, 0.5) is 0 Å². The molecule has 0 aromatic heterocycles. The highest BCUT2D eigenvalue weighted by Crippen LogP contribution is 2.83. The molecule has 0 amide bonds. The van der Waals surface area contributed by atoms with Gasteiger partial charge in [-0.2, -0.15) is 0 Å². The molecular formula is C30H44O5. The van der Waals surface area contributed by atoms with Crippen LogP contribution in [0.1, 0.15) is 99.8 Å². The zero-order valence-corrected chi connectivity index (χ0v) is 22.7. The van der Waals surface area contributed by atoms with Crippen molar-refractivity contribution in [2.45, 2.75) is 117 Å². The number of fused-ring (bicyclic) bond motifs is 1. The van der Waals surface area contributed by atoms with Crippen LogP contribution in [-0.2, 0) is 14.3 Å². The molecule has 0 aromatic carbocycles. The molecule has 7 aliphatic rings. The van der Waals surface area contributed by atoms with Crippen LogP contribution >= 0.6 is 0 Å². The highest BCUT2D eigenvalue weighted by molar-refractivity contribution is 6.13. The van der Waals surface area contributed by atoms with Gasteiger partial charge in [0.2, 0.25) is 11.6 Å². The molecule has 6 fully saturated rings. The Bertz CT molecular complexity index is 1050. The Hall–Kier alpha value is -1.04. The highest BCUT2D eigenvalue weighted by atomic mass is 16.7. The summed E-state index contributed by atoms with van der Waals surface area (Å²) in [6, 6.07) is 0. The second kappa shape index (κ2) is 6.50. The number of rotatable bonds is 2. The number of ether oxygens (including phenoxy) is 1. The Balaban J connectivity index is 1.70. The van der Waals surface area contributed by atoms with Gasteiger partial charge in [0.1, 0.15) is 0 Å². The Morgan fingerprint density at radius 1 is 1.06 bits per heavy atom. The van der Waals surface area contributed by atoms with Crippen LogP contribution < -0.4 is 0 Å². The van der Waals surface area contributed by atoms with Crippen LogP contribution in [0.3, 0.4) is 0 Å². The van der Waals surface area contributed by atoms with Crippen molar-refractivity contribution in [2.24, 2.45) is 45.3 Å². The molecule has 6 bridgehead atoms. The molecule has 2 N–H and O–H groups in total. The molecule has 0 aromatic rings. The molecule has 1 heterocycles. The topological polar surface area (TPSA) is 83.8 Å². The van der Waals surface area contributed by atoms with Gasteiger partial charge in [0.25, 0.3) is 0 Å². The van der Waals surface area contributed by atoms with E-state index in [1.807, 2.05) is 27.7 Å². The van der Waals surface area contributed by atoms with E-state index in [1.165, 1.54) is 5.57 Å². The smallest absolute Gasteiger partial charge is 0.241 e. The molecule has 5 heteroatoms. The van der Waals surface area contributed by atoms with Gasteiger partial charge in [-0.3, -0.25) is 9.59 Å². The lowest BCUT2D eigenvalue weighted by Crippen LogP contribution is -2.83. The largest absolute Gasteiger partial charge is 0.390 e. The maximum Gasteiger partial charge on any atom is 0.241 e. The van der Waals surface area contributed by atoms with Crippen molar-refractivity contribution in [3.63, 3.8) is 0 Å². The summed E-state index contributed by atoms with van der Waals surface area (Å²) in [6.07, 6.45) is 7.95. The van der Waals surface area contributed by atoms with Crippen LogP contribution in [0.5, 0.6) is 0 Å². The third-order valence-electron chi connectivity index (χ3n) is 12.3. The number of carbonyl (C=O) groups excluding carboxylic acids is 2. The first-order valence-electron chi connectivity index (χ1n) is 14.0. The van der Waals surface area contributed by atoms with Gasteiger partial charge in [-0.25, -0.2) is 0 Å². The lowest BCUT2D eigenvalue weighted by Gasteiger charge is -2.71. The highest BCUT2D eigenvalue weighted by Gasteiger charge is 2.93. The fourth-order valence-corrected chi connectivity index (χ4v) is 11.3. The summed E-state index contributed by atoms with van der Waals surface area (Å²) in [4.78, 5) is 30.1. The minimum atomic E-state index is -2.13. The zero-order chi connectivity index (χ0) is 25.6. The summed E-state index contributed by atoms with van der Waals surface area (Å²) >= 11 is 0. The number of hydrogen-bond donors (Lipinski definition) is 2. The average Bonchev–Trinajstić information content (AvgIpc) is 2.81. The molecule has 1 saturated heterocycles. The molecule has 8 atom stereocenters. The minimum absolute atomic E-state index is 0.0281. The van der Waals surface area contributed by atoms with E-state index in [0.29, 0.717) is 19.3 Å². The SMILES string of the molecule is CCC1=CC2C3C(C)(C)O[C@@]4(O)C(=O)[C@@]25C[C@@]2(O)CCCC(C)(C)[C@@H]2CC[C@@]5(C1)C(=O)[C@]34C(C)C. The first kappa shape index (κ1) is 24.3. The van der Waals surface area contributed by atoms with Gasteiger partial charge in [0.15, 0.2) is 5.78 Å². The molecule has 0 radical (unpaired) electrons. The molecule has 1 aliphatic heterocycles. The molecule has 7 rings (SSSR count). The van der Waals surface area contributed by atoms with Gasteiger partial charge in [0.05, 0.1) is 22.0 Å². The van der Waals surface area contributed by atoms with Gasteiger partial charge in [-0.05, 0) is 82.0 Å². The van der Waals surface area contributed by atoms with Crippen molar-refractivity contribution in [2.75, 3.05) is 0 Å². The van der Waals surface area contributed by atoms with E-state index < -0.39 is 33.2 Å². The van der Waals surface area contributed by atoms with E-state index in [4.69, 9.17) is 4.74 Å². The average molecular weight is 485 g/mol. The van der Waals surface area contributed by atoms with Crippen LogP contribution in [-0.4, -0.2) is 38.8 Å². The maximum absolute atomic E-state index is 15.2. The maximum atomic E-state index is 15.2. The monoisotopic (exact) mass is 484 g/mol. The second-order valence-corrected chi connectivity index (χ2v) is 14.7. The third kappa shape index (κ3) is 2.27. The fraction of sp³-hybridized carbons (Fsp3) is 0.867. The van der Waals surface area contributed by atoms with Crippen molar-refractivity contribution >= 4 is 11.6 Å². The molecule has 1 spiro atoms. The quantitative estimate of drug-likeness (QED) is 0.540. The fourth-order valence-electron chi connectivity index (χ4n) is 11.3. The van der Waals surface area contributed by atoms with E-state index in [-0.39, 0.29) is 47.1 Å². The van der Waals surface area contributed by atoms with Crippen LogP contribution in [0.25, 0.3) is 0 Å². The lowest BCUT2D eigenvalue weighted by atomic mass is 9.28. The predicted molar refractivity (Wildman–Crippen MR) is 132 cm³/mol. The summed E-state index contributed by atoms with van der Waals surface area (Å²) in [6.45, 7) is 14.5. The summed E-state index contributed by atoms with van der Waals surface area (Å²) in [5.41, 5.74) is -3.94. The summed E-state index contributed by atoms with van der Waals surface area (Å²) in [5, 5.41) is 24.7. The Kier molecular flexibility index (Phi) is 4.51. The van der Waals surface area contributed by atoms with Gasteiger partial charge < -0.3 is 14.9 Å². The van der Waals surface area contributed by atoms with E-state index in [1.54, 1.807) is 0 Å². The Morgan fingerprint density at radius 2 is 1.74 bits per heavy atom. The van der Waals surface area contributed by atoms with E-state index in [0.717, 1.165) is 25.7 Å². The molecule has 194 valence electrons. The Morgan fingerprint density at radius 3 is 2.37 bits per heavy atom. The van der Waals surface area contributed by atoms with Crippen molar-refractivity contribution in [1.29, 1.82) is 0 Å². The van der Waals surface area contributed by atoms with Crippen LogP contribution in [0, 0.1) is 45.3 Å². The molecule has 35 heavy (non-hydrogen) atoms. The lowest BCUT2D eigenvalue weighted by molar-refractivity contribution is -0.286. The number of Topliss-reactive ketones (excluding diaryl/α,β-unsaturated/α-hetero) is 2. The van der Waals surface area contributed by atoms with E-state index >= 15 is 4.79 Å². The van der Waals surface area contributed by atoms with Gasteiger partial charge >= 0.3 is 0 Å². The van der Waals surface area contributed by atoms with Crippen LogP contribution in [0.2, 0.25) is 0 Å². The molecule has 5 saturated carbocycles. The molecular weight excluding hydrogens is 440 g/mol. The van der Waals surface area contributed by atoms with E-state index in [9.17, 15) is 15.0 Å². The predicted octanol–water partition coefficient (Wildman–Crippen LogP) is 4.98. The standard InChI is InChI=1S/C30H44O5/c1-8-18-14-19-21-25(6,7)35-30(34)23(32)28(19)16-27(33)12-9-11-24(4,5)20(27)10-13-26(28,15-18)22(31)29(21,30)17(2)3/h14,17,19-21,33-34H,8-13,15-16H2,1-7H3/t19?,20-,21?,26+,27-,28+,29-,30-/m0/s1. The normalized spacial score (nSPS) is 53.2. The first-order valence-corrected chi connectivity index (χ1v) is 14.0. The summed E-state index contributed by atoms with van der Waals surface area (Å²) < 4.78 is 6.38. The van der Waals surface area contributed by atoms with Gasteiger partial charge in [0, 0.05) is 11.3 Å². The van der Waals surface area contributed by atoms with Crippen molar-refractivity contribution < 1.29 is 24.5 Å². The third-order valence-corrected chi connectivity index (χ3v) is 12.3. The number of allylic oxidation sites excluding steroid dienone is 2. The number of hydrogen-bond acceptors (Lipinski definition) is 5. The number of carbonyl (C=O) groups is 2. The van der Waals surface area contributed by atoms with Crippen molar-refractivity contribution in [1.82, 2.24) is 0 Å². The second-order valence-electron chi connectivity index (χ2n) is 14.7. The minimum Gasteiger partial charge on any atom is -0.390 e. The molecule has 2 unspecified atom stereocenters. The number of ketones is 2.